The zero-order chi connectivity index (χ0) is 7.40. The number of ketones is 1. The predicted molar refractivity (Wildman–Crippen MR) is 44.7 cm³/mol. The number of hydrogen-bond acceptors (Lipinski definition) is 1. The molecule has 0 heterocycles. The van der Waals surface area contributed by atoms with Gasteiger partial charge in [0.2, 0.25) is 0 Å². The Morgan fingerprint density at radius 3 is 2.27 bits per heavy atom. The van der Waals surface area contributed by atoms with Crippen LogP contribution in [0.15, 0.2) is 30.3 Å². The molecule has 0 unspecified atom stereocenters. The van der Waals surface area contributed by atoms with E-state index in [1.165, 1.54) is 0 Å². The fraction of sp³-hybridized carbons (Fsp3) is 0.222. The topological polar surface area (TPSA) is 48.6 Å². The van der Waals surface area contributed by atoms with Gasteiger partial charge in [-0.05, 0) is 0 Å². The Labute approximate surface area is 66.2 Å². The molecular formula is C9H12O2. The lowest BCUT2D eigenvalue weighted by atomic mass is 10.1. The molecule has 0 spiro atoms. The van der Waals surface area contributed by atoms with Crippen molar-refractivity contribution in [2.24, 2.45) is 0 Å². The second kappa shape index (κ2) is 4.63. The van der Waals surface area contributed by atoms with Crippen LogP contribution in [0.5, 0.6) is 0 Å². The van der Waals surface area contributed by atoms with Crippen LogP contribution in [0, 0.1) is 0 Å². The molecule has 0 radical (unpaired) electrons. The molecule has 0 aliphatic rings. The zero-order valence-corrected chi connectivity index (χ0v) is 6.50. The van der Waals surface area contributed by atoms with E-state index in [2.05, 4.69) is 0 Å². The molecular weight excluding hydrogens is 140 g/mol. The van der Waals surface area contributed by atoms with Crippen molar-refractivity contribution < 1.29 is 10.3 Å². The number of benzene rings is 1. The highest BCUT2D eigenvalue weighted by Gasteiger charge is 1.98. The van der Waals surface area contributed by atoms with Gasteiger partial charge in [0, 0.05) is 12.0 Å². The van der Waals surface area contributed by atoms with E-state index in [0.29, 0.717) is 6.42 Å². The molecule has 2 heteroatoms. The molecule has 1 aromatic rings. The highest BCUT2D eigenvalue weighted by atomic mass is 16.1. The van der Waals surface area contributed by atoms with Gasteiger partial charge >= 0.3 is 0 Å². The summed E-state index contributed by atoms with van der Waals surface area (Å²) in [5.74, 6) is 0.209. The lowest BCUT2D eigenvalue weighted by molar-refractivity contribution is 0.0988. The van der Waals surface area contributed by atoms with Crippen molar-refractivity contribution in [1.82, 2.24) is 0 Å². The van der Waals surface area contributed by atoms with Crippen LogP contribution in [0.2, 0.25) is 0 Å². The van der Waals surface area contributed by atoms with E-state index in [9.17, 15) is 4.79 Å². The van der Waals surface area contributed by atoms with Crippen LogP contribution >= 0.6 is 0 Å². The van der Waals surface area contributed by atoms with Crippen LogP contribution in [-0.4, -0.2) is 11.3 Å². The van der Waals surface area contributed by atoms with Crippen LogP contribution in [0.1, 0.15) is 23.7 Å². The monoisotopic (exact) mass is 152 g/mol. The molecule has 1 rings (SSSR count). The minimum Gasteiger partial charge on any atom is -0.412 e. The third-order valence-corrected chi connectivity index (χ3v) is 1.42. The van der Waals surface area contributed by atoms with Crippen molar-refractivity contribution in [2.75, 3.05) is 0 Å². The summed E-state index contributed by atoms with van der Waals surface area (Å²) in [6.07, 6.45) is 0.587. The maximum atomic E-state index is 11.0. The van der Waals surface area contributed by atoms with Crippen LogP contribution in [0.4, 0.5) is 0 Å². The minimum absolute atomic E-state index is 0. The SMILES string of the molecule is CCC(=O)c1ccccc1.O. The Kier molecular flexibility index (Phi) is 4.15. The normalized spacial score (nSPS) is 8.45. The van der Waals surface area contributed by atoms with Crippen LogP contribution in [0.3, 0.4) is 0 Å². The number of carbonyl (C=O) groups excluding carboxylic acids is 1. The Morgan fingerprint density at radius 1 is 1.27 bits per heavy atom. The first kappa shape index (κ1) is 9.85. The van der Waals surface area contributed by atoms with E-state index in [4.69, 9.17) is 0 Å². The fourth-order valence-corrected chi connectivity index (χ4v) is 0.828. The molecule has 1 aromatic carbocycles. The number of carbonyl (C=O) groups is 1. The van der Waals surface area contributed by atoms with Gasteiger partial charge in [-0.2, -0.15) is 0 Å². The molecule has 0 saturated carbocycles. The first-order chi connectivity index (χ1) is 4.84. The van der Waals surface area contributed by atoms with E-state index >= 15 is 0 Å². The molecule has 0 aliphatic heterocycles. The molecule has 0 atom stereocenters. The van der Waals surface area contributed by atoms with Crippen molar-refractivity contribution in [3.8, 4) is 0 Å². The fourth-order valence-electron chi connectivity index (χ4n) is 0.828. The van der Waals surface area contributed by atoms with Crippen molar-refractivity contribution in [2.45, 2.75) is 13.3 Å². The van der Waals surface area contributed by atoms with Gasteiger partial charge in [0.15, 0.2) is 5.78 Å². The van der Waals surface area contributed by atoms with Gasteiger partial charge in [0.05, 0.1) is 0 Å². The summed E-state index contributed by atoms with van der Waals surface area (Å²) in [5.41, 5.74) is 0.810. The van der Waals surface area contributed by atoms with Crippen molar-refractivity contribution in [1.29, 1.82) is 0 Å². The quantitative estimate of drug-likeness (QED) is 0.592. The molecule has 0 saturated heterocycles. The Morgan fingerprint density at radius 2 is 1.82 bits per heavy atom. The highest BCUT2D eigenvalue weighted by molar-refractivity contribution is 5.95. The van der Waals surface area contributed by atoms with Gasteiger partial charge in [-0.25, -0.2) is 0 Å². The number of hydrogen-bond donors (Lipinski definition) is 0. The molecule has 0 bridgehead atoms. The second-order valence-corrected chi connectivity index (χ2v) is 2.14. The molecule has 0 aromatic heterocycles. The summed E-state index contributed by atoms with van der Waals surface area (Å²) in [7, 11) is 0. The molecule has 0 aliphatic carbocycles. The summed E-state index contributed by atoms with van der Waals surface area (Å²) in [6.45, 7) is 1.87. The standard InChI is InChI=1S/C9H10O.H2O/c1-2-9(10)8-6-4-3-5-7-8;/h3-7H,2H2,1H3;1H2. The number of rotatable bonds is 2. The second-order valence-electron chi connectivity index (χ2n) is 2.14. The average Bonchev–Trinajstić information content (AvgIpc) is 2.05. The summed E-state index contributed by atoms with van der Waals surface area (Å²) >= 11 is 0. The molecule has 0 amide bonds. The molecule has 2 N–H and O–H groups in total. The van der Waals surface area contributed by atoms with E-state index in [0.717, 1.165) is 5.56 Å². The molecule has 60 valence electrons. The largest absolute Gasteiger partial charge is 0.412 e. The average molecular weight is 152 g/mol. The van der Waals surface area contributed by atoms with Crippen LogP contribution in [0.25, 0.3) is 0 Å². The van der Waals surface area contributed by atoms with E-state index in [1.807, 2.05) is 37.3 Å². The maximum Gasteiger partial charge on any atom is 0.162 e. The highest BCUT2D eigenvalue weighted by Crippen LogP contribution is 2.01. The molecule has 2 nitrogen and oxygen atoms in total. The minimum atomic E-state index is 0. The van der Waals surface area contributed by atoms with Crippen molar-refractivity contribution in [3.63, 3.8) is 0 Å². The van der Waals surface area contributed by atoms with E-state index in [-0.39, 0.29) is 11.3 Å². The van der Waals surface area contributed by atoms with Gasteiger partial charge < -0.3 is 5.48 Å². The van der Waals surface area contributed by atoms with E-state index < -0.39 is 0 Å². The Hall–Kier alpha value is -1.15. The smallest absolute Gasteiger partial charge is 0.162 e. The Balaban J connectivity index is 0.000001000. The third kappa shape index (κ3) is 2.51. The lowest BCUT2D eigenvalue weighted by Gasteiger charge is -1.93. The molecule has 11 heavy (non-hydrogen) atoms. The lowest BCUT2D eigenvalue weighted by Crippen LogP contribution is -1.94. The summed E-state index contributed by atoms with van der Waals surface area (Å²) in [4.78, 5) is 11.0. The van der Waals surface area contributed by atoms with Crippen molar-refractivity contribution >= 4 is 5.78 Å². The van der Waals surface area contributed by atoms with Crippen LogP contribution in [-0.2, 0) is 0 Å². The molecule has 0 fully saturated rings. The van der Waals surface area contributed by atoms with Crippen LogP contribution < -0.4 is 0 Å². The van der Waals surface area contributed by atoms with Gasteiger partial charge in [-0.1, -0.05) is 37.3 Å². The number of Topliss-reactive ketones (excluding diaryl/α,β-unsaturated/α-hetero) is 1. The van der Waals surface area contributed by atoms with Crippen molar-refractivity contribution in [3.05, 3.63) is 35.9 Å². The first-order valence-electron chi connectivity index (χ1n) is 3.43. The van der Waals surface area contributed by atoms with Gasteiger partial charge in [-0.3, -0.25) is 4.79 Å². The maximum absolute atomic E-state index is 11.0. The summed E-state index contributed by atoms with van der Waals surface area (Å²) < 4.78 is 0. The van der Waals surface area contributed by atoms with Gasteiger partial charge in [-0.15, -0.1) is 0 Å². The van der Waals surface area contributed by atoms with E-state index in [1.54, 1.807) is 0 Å². The first-order valence-corrected chi connectivity index (χ1v) is 3.43. The van der Waals surface area contributed by atoms with Gasteiger partial charge in [0.1, 0.15) is 0 Å². The summed E-state index contributed by atoms with van der Waals surface area (Å²) in [6, 6.07) is 9.34. The van der Waals surface area contributed by atoms with Gasteiger partial charge in [0.25, 0.3) is 0 Å². The zero-order valence-electron chi connectivity index (χ0n) is 6.50. The third-order valence-electron chi connectivity index (χ3n) is 1.42. The predicted octanol–water partition coefficient (Wildman–Crippen LogP) is 1.45. The Bertz CT molecular complexity index is 216. The summed E-state index contributed by atoms with van der Waals surface area (Å²) in [5, 5.41) is 0.